The summed E-state index contributed by atoms with van der Waals surface area (Å²) >= 11 is 11.7. The molecular formula is C12H10Cl2N2O3S. The Kier molecular flexibility index (Phi) is 4.59. The molecule has 2 aromatic rings. The van der Waals surface area contributed by atoms with Gasteiger partial charge in [0.15, 0.2) is 5.15 Å². The van der Waals surface area contributed by atoms with E-state index >= 15 is 0 Å². The van der Waals surface area contributed by atoms with Gasteiger partial charge in [0.2, 0.25) is 0 Å². The van der Waals surface area contributed by atoms with Crippen molar-refractivity contribution in [2.24, 2.45) is 0 Å². The molecule has 1 aromatic carbocycles. The van der Waals surface area contributed by atoms with Gasteiger partial charge in [-0.2, -0.15) is 8.42 Å². The van der Waals surface area contributed by atoms with E-state index < -0.39 is 10.1 Å². The van der Waals surface area contributed by atoms with Crippen molar-refractivity contribution < 1.29 is 12.6 Å². The molecule has 106 valence electrons. The lowest BCUT2D eigenvalue weighted by atomic mass is 10.1. The molecule has 0 aliphatic carbocycles. The maximum Gasteiger partial charge on any atom is 0.296 e. The number of hydrogen-bond acceptors (Lipinski definition) is 5. The SMILES string of the molecule is CCOS(=O)(=O)c1cccc(-c2nnc(Cl)cc2Cl)c1. The van der Waals surface area contributed by atoms with E-state index in [4.69, 9.17) is 27.4 Å². The largest absolute Gasteiger partial charge is 0.296 e. The third kappa shape index (κ3) is 3.27. The summed E-state index contributed by atoms with van der Waals surface area (Å²) in [4.78, 5) is 0.0321. The van der Waals surface area contributed by atoms with Crippen molar-refractivity contribution in [2.45, 2.75) is 11.8 Å². The first-order valence-electron chi connectivity index (χ1n) is 5.62. The minimum Gasteiger partial charge on any atom is -0.267 e. The molecule has 0 unspecified atom stereocenters. The Morgan fingerprint density at radius 3 is 2.60 bits per heavy atom. The highest BCUT2D eigenvalue weighted by Crippen LogP contribution is 2.28. The highest BCUT2D eigenvalue weighted by atomic mass is 35.5. The summed E-state index contributed by atoms with van der Waals surface area (Å²) in [5, 5.41) is 8.01. The van der Waals surface area contributed by atoms with E-state index in [0.717, 1.165) is 0 Å². The molecule has 0 bridgehead atoms. The lowest BCUT2D eigenvalue weighted by Gasteiger charge is -2.06. The highest BCUT2D eigenvalue weighted by molar-refractivity contribution is 7.86. The van der Waals surface area contributed by atoms with Crippen molar-refractivity contribution >= 4 is 33.3 Å². The summed E-state index contributed by atoms with van der Waals surface area (Å²) in [6.45, 7) is 1.66. The van der Waals surface area contributed by atoms with Crippen LogP contribution in [0.5, 0.6) is 0 Å². The summed E-state index contributed by atoms with van der Waals surface area (Å²) in [5.41, 5.74) is 0.865. The molecule has 0 radical (unpaired) electrons. The van der Waals surface area contributed by atoms with Gasteiger partial charge in [0.05, 0.1) is 16.5 Å². The summed E-state index contributed by atoms with van der Waals surface area (Å²) in [6.07, 6.45) is 0. The molecule has 0 spiro atoms. The molecule has 0 aliphatic heterocycles. The third-order valence-electron chi connectivity index (χ3n) is 2.39. The van der Waals surface area contributed by atoms with Crippen molar-refractivity contribution in [1.82, 2.24) is 10.2 Å². The second-order valence-corrected chi connectivity index (χ2v) is 6.16. The minimum atomic E-state index is -3.78. The fourth-order valence-electron chi connectivity index (χ4n) is 1.57. The van der Waals surface area contributed by atoms with Gasteiger partial charge in [-0.3, -0.25) is 4.18 Å². The predicted molar refractivity (Wildman–Crippen MR) is 76.3 cm³/mol. The van der Waals surface area contributed by atoms with Crippen LogP contribution in [0, 0.1) is 0 Å². The van der Waals surface area contributed by atoms with Crippen LogP contribution in [0.15, 0.2) is 35.2 Å². The molecule has 0 N–H and O–H groups in total. The topological polar surface area (TPSA) is 69.2 Å². The molecule has 20 heavy (non-hydrogen) atoms. The Hall–Kier alpha value is -1.21. The first-order valence-corrected chi connectivity index (χ1v) is 7.79. The first-order chi connectivity index (χ1) is 9.44. The van der Waals surface area contributed by atoms with Gasteiger partial charge in [-0.25, -0.2) is 0 Å². The molecule has 0 fully saturated rings. The maximum absolute atomic E-state index is 11.8. The Labute approximate surface area is 126 Å². The molecule has 1 aromatic heterocycles. The van der Waals surface area contributed by atoms with Crippen molar-refractivity contribution in [2.75, 3.05) is 6.61 Å². The van der Waals surface area contributed by atoms with Crippen LogP contribution < -0.4 is 0 Å². The standard InChI is InChI=1S/C12H10Cl2N2O3S/c1-2-19-20(17,18)9-5-3-4-8(6-9)12-10(13)7-11(14)15-16-12/h3-7H,2H2,1H3. The van der Waals surface area contributed by atoms with E-state index in [9.17, 15) is 8.42 Å². The van der Waals surface area contributed by atoms with Gasteiger partial charge in [0.1, 0.15) is 5.69 Å². The quantitative estimate of drug-likeness (QED) is 0.804. The van der Waals surface area contributed by atoms with E-state index in [2.05, 4.69) is 10.2 Å². The molecule has 5 nitrogen and oxygen atoms in total. The molecule has 0 amide bonds. The minimum absolute atomic E-state index is 0.0321. The van der Waals surface area contributed by atoms with Gasteiger partial charge in [-0.05, 0) is 25.1 Å². The van der Waals surface area contributed by atoms with Gasteiger partial charge in [0.25, 0.3) is 10.1 Å². The van der Waals surface area contributed by atoms with Crippen LogP contribution in [-0.2, 0) is 14.3 Å². The predicted octanol–water partition coefficient (Wildman–Crippen LogP) is 3.18. The van der Waals surface area contributed by atoms with Gasteiger partial charge >= 0.3 is 0 Å². The van der Waals surface area contributed by atoms with Gasteiger partial charge in [-0.1, -0.05) is 35.3 Å². The van der Waals surface area contributed by atoms with E-state index in [1.807, 2.05) is 0 Å². The molecule has 0 atom stereocenters. The lowest BCUT2D eigenvalue weighted by molar-refractivity contribution is 0.338. The number of benzene rings is 1. The molecule has 2 rings (SSSR count). The summed E-state index contributed by atoms with van der Waals surface area (Å²) < 4.78 is 28.4. The molecule has 8 heteroatoms. The number of hydrogen-bond donors (Lipinski definition) is 0. The van der Waals surface area contributed by atoms with Gasteiger partial charge in [-0.15, -0.1) is 10.2 Å². The number of aromatic nitrogens is 2. The Morgan fingerprint density at radius 2 is 1.95 bits per heavy atom. The zero-order chi connectivity index (χ0) is 14.8. The van der Waals surface area contributed by atoms with Gasteiger partial charge < -0.3 is 0 Å². The van der Waals surface area contributed by atoms with Gasteiger partial charge in [0, 0.05) is 5.56 Å². The first kappa shape index (κ1) is 15.2. The van der Waals surface area contributed by atoms with Crippen molar-refractivity contribution in [3.8, 4) is 11.3 Å². The van der Waals surface area contributed by atoms with Crippen molar-refractivity contribution in [3.63, 3.8) is 0 Å². The van der Waals surface area contributed by atoms with Crippen LogP contribution in [0.2, 0.25) is 10.2 Å². The smallest absolute Gasteiger partial charge is 0.267 e. The summed E-state index contributed by atoms with van der Waals surface area (Å²) in [7, 11) is -3.78. The van der Waals surface area contributed by atoms with Crippen LogP contribution in [-0.4, -0.2) is 25.2 Å². The Balaban J connectivity index is 2.50. The highest BCUT2D eigenvalue weighted by Gasteiger charge is 2.16. The fraction of sp³-hybridized carbons (Fsp3) is 0.167. The molecule has 1 heterocycles. The molecule has 0 saturated carbocycles. The maximum atomic E-state index is 11.8. The lowest BCUT2D eigenvalue weighted by Crippen LogP contribution is -2.06. The zero-order valence-corrected chi connectivity index (χ0v) is 12.7. The summed E-state index contributed by atoms with van der Waals surface area (Å²) in [5.74, 6) is 0. The van der Waals surface area contributed by atoms with E-state index in [1.165, 1.54) is 18.2 Å². The third-order valence-corrected chi connectivity index (χ3v) is 4.24. The van der Waals surface area contributed by atoms with Crippen LogP contribution in [0.1, 0.15) is 6.92 Å². The monoisotopic (exact) mass is 332 g/mol. The van der Waals surface area contributed by atoms with Crippen molar-refractivity contribution in [3.05, 3.63) is 40.5 Å². The van der Waals surface area contributed by atoms with Crippen molar-refractivity contribution in [1.29, 1.82) is 0 Å². The average molecular weight is 333 g/mol. The van der Waals surface area contributed by atoms with E-state index in [0.29, 0.717) is 11.3 Å². The Bertz CT molecular complexity index is 735. The second-order valence-electron chi connectivity index (χ2n) is 3.75. The number of rotatable bonds is 4. The van der Waals surface area contributed by atoms with Crippen LogP contribution >= 0.6 is 23.2 Å². The fourth-order valence-corrected chi connectivity index (χ4v) is 2.98. The normalized spacial score (nSPS) is 11.6. The van der Waals surface area contributed by atoms with Crippen LogP contribution in [0.3, 0.4) is 0 Å². The second kappa shape index (κ2) is 6.05. The summed E-state index contributed by atoms with van der Waals surface area (Å²) in [6, 6.07) is 7.55. The average Bonchev–Trinajstić information content (AvgIpc) is 2.39. The molecule has 0 aliphatic rings. The number of halogens is 2. The van der Waals surface area contributed by atoms with E-state index in [-0.39, 0.29) is 21.7 Å². The molecule has 0 saturated heterocycles. The van der Waals surface area contributed by atoms with Crippen LogP contribution in [0.4, 0.5) is 0 Å². The Morgan fingerprint density at radius 1 is 1.20 bits per heavy atom. The molecular weight excluding hydrogens is 323 g/mol. The van der Waals surface area contributed by atoms with Crippen LogP contribution in [0.25, 0.3) is 11.3 Å². The zero-order valence-electron chi connectivity index (χ0n) is 10.4. The number of nitrogens with zero attached hydrogens (tertiary/aromatic N) is 2. The van der Waals surface area contributed by atoms with E-state index in [1.54, 1.807) is 19.1 Å².